The Hall–Kier alpha value is -2.27. The minimum atomic E-state index is -0.897. The van der Waals surface area contributed by atoms with E-state index < -0.39 is 6.10 Å². The third-order valence-electron chi connectivity index (χ3n) is 3.51. The van der Waals surface area contributed by atoms with Gasteiger partial charge in [-0.1, -0.05) is 13.0 Å². The van der Waals surface area contributed by atoms with Gasteiger partial charge in [-0.25, -0.2) is 0 Å². The fraction of sp³-hybridized carbons (Fsp3) is 0.312. The molecular formula is C16H17NO4. The Morgan fingerprint density at radius 1 is 1.33 bits per heavy atom. The van der Waals surface area contributed by atoms with Crippen LogP contribution in [0.3, 0.4) is 0 Å². The van der Waals surface area contributed by atoms with Crippen molar-refractivity contribution in [2.75, 3.05) is 13.2 Å². The van der Waals surface area contributed by atoms with Gasteiger partial charge in [-0.3, -0.25) is 4.79 Å². The summed E-state index contributed by atoms with van der Waals surface area (Å²) in [6, 6.07) is 8.71. The smallest absolute Gasteiger partial charge is 0.255 e. The quantitative estimate of drug-likeness (QED) is 0.906. The predicted molar refractivity (Wildman–Crippen MR) is 76.4 cm³/mol. The SMILES string of the molecule is CCc1ccc(C(O)c2ccc3c(c2)C(=O)NCCO3)o1. The zero-order chi connectivity index (χ0) is 14.8. The Balaban J connectivity index is 1.93. The summed E-state index contributed by atoms with van der Waals surface area (Å²) in [5.74, 6) is 1.64. The highest BCUT2D eigenvalue weighted by atomic mass is 16.5. The lowest BCUT2D eigenvalue weighted by Gasteiger charge is -2.11. The average Bonchev–Trinajstić information content (AvgIpc) is 2.92. The molecule has 1 amide bonds. The van der Waals surface area contributed by atoms with Crippen LogP contribution in [0.25, 0.3) is 0 Å². The van der Waals surface area contributed by atoms with Gasteiger partial charge in [-0.15, -0.1) is 0 Å². The molecule has 2 aromatic rings. The maximum atomic E-state index is 12.0. The molecule has 1 aromatic carbocycles. The number of hydrogen-bond donors (Lipinski definition) is 2. The van der Waals surface area contributed by atoms with Gasteiger partial charge in [0.25, 0.3) is 5.91 Å². The van der Waals surface area contributed by atoms with Crippen LogP contribution in [-0.4, -0.2) is 24.2 Å². The number of ether oxygens (including phenoxy) is 1. The van der Waals surface area contributed by atoms with E-state index in [1.807, 2.05) is 13.0 Å². The number of hydrogen-bond acceptors (Lipinski definition) is 4. The minimum absolute atomic E-state index is 0.190. The van der Waals surface area contributed by atoms with E-state index in [-0.39, 0.29) is 5.91 Å². The molecule has 1 aliphatic rings. The van der Waals surface area contributed by atoms with E-state index in [4.69, 9.17) is 9.15 Å². The number of aliphatic hydroxyl groups is 1. The van der Waals surface area contributed by atoms with Crippen LogP contribution < -0.4 is 10.1 Å². The molecule has 0 aliphatic carbocycles. The Bertz CT molecular complexity index is 662. The number of carbonyl (C=O) groups is 1. The number of furan rings is 1. The van der Waals surface area contributed by atoms with Crippen molar-refractivity contribution >= 4 is 5.91 Å². The van der Waals surface area contributed by atoms with E-state index in [2.05, 4.69) is 5.32 Å². The van der Waals surface area contributed by atoms with Crippen molar-refractivity contribution in [3.8, 4) is 5.75 Å². The van der Waals surface area contributed by atoms with Crippen LogP contribution in [0, 0.1) is 0 Å². The number of nitrogens with one attached hydrogen (secondary N) is 1. The zero-order valence-electron chi connectivity index (χ0n) is 11.8. The van der Waals surface area contributed by atoms with Gasteiger partial charge in [0, 0.05) is 6.42 Å². The van der Waals surface area contributed by atoms with Crippen molar-refractivity contribution in [2.24, 2.45) is 0 Å². The molecule has 0 bridgehead atoms. The number of carbonyl (C=O) groups excluding carboxylic acids is 1. The maximum absolute atomic E-state index is 12.0. The van der Waals surface area contributed by atoms with Gasteiger partial charge in [0.1, 0.15) is 30.0 Å². The highest BCUT2D eigenvalue weighted by Gasteiger charge is 2.21. The van der Waals surface area contributed by atoms with Crippen LogP contribution in [-0.2, 0) is 6.42 Å². The summed E-state index contributed by atoms with van der Waals surface area (Å²) < 4.78 is 11.1. The number of fused-ring (bicyclic) bond motifs is 1. The fourth-order valence-electron chi connectivity index (χ4n) is 2.34. The fourth-order valence-corrected chi connectivity index (χ4v) is 2.34. The van der Waals surface area contributed by atoms with Crippen molar-refractivity contribution in [2.45, 2.75) is 19.4 Å². The summed E-state index contributed by atoms with van der Waals surface area (Å²) >= 11 is 0. The highest BCUT2D eigenvalue weighted by molar-refractivity contribution is 5.97. The van der Waals surface area contributed by atoms with Gasteiger partial charge >= 0.3 is 0 Å². The molecule has 2 N–H and O–H groups in total. The summed E-state index contributed by atoms with van der Waals surface area (Å²) in [7, 11) is 0. The van der Waals surface area contributed by atoms with Crippen LogP contribution in [0.15, 0.2) is 34.7 Å². The Morgan fingerprint density at radius 3 is 2.95 bits per heavy atom. The van der Waals surface area contributed by atoms with Gasteiger partial charge in [-0.2, -0.15) is 0 Å². The highest BCUT2D eigenvalue weighted by Crippen LogP contribution is 2.29. The lowest BCUT2D eigenvalue weighted by molar-refractivity contribution is 0.0957. The molecular weight excluding hydrogens is 270 g/mol. The molecule has 21 heavy (non-hydrogen) atoms. The molecule has 5 heteroatoms. The van der Waals surface area contributed by atoms with E-state index in [0.29, 0.717) is 35.8 Å². The maximum Gasteiger partial charge on any atom is 0.255 e. The normalized spacial score (nSPS) is 15.6. The summed E-state index contributed by atoms with van der Waals surface area (Å²) in [4.78, 5) is 12.0. The Kier molecular flexibility index (Phi) is 3.66. The Labute approximate surface area is 122 Å². The summed E-state index contributed by atoms with van der Waals surface area (Å²) in [6.07, 6.45) is -0.126. The molecule has 0 saturated carbocycles. The molecule has 0 fully saturated rings. The van der Waals surface area contributed by atoms with Crippen LogP contribution in [0.2, 0.25) is 0 Å². The first kappa shape index (κ1) is 13.7. The molecule has 1 aromatic heterocycles. The Morgan fingerprint density at radius 2 is 2.19 bits per heavy atom. The molecule has 2 heterocycles. The molecule has 0 radical (unpaired) electrons. The third-order valence-corrected chi connectivity index (χ3v) is 3.51. The molecule has 1 atom stereocenters. The van der Waals surface area contributed by atoms with E-state index in [0.717, 1.165) is 12.2 Å². The topological polar surface area (TPSA) is 71.7 Å². The van der Waals surface area contributed by atoms with E-state index in [1.165, 1.54) is 0 Å². The van der Waals surface area contributed by atoms with Crippen LogP contribution in [0.5, 0.6) is 5.75 Å². The third kappa shape index (κ3) is 2.64. The lowest BCUT2D eigenvalue weighted by atomic mass is 10.0. The molecule has 0 spiro atoms. The molecule has 110 valence electrons. The van der Waals surface area contributed by atoms with Gasteiger partial charge in [-0.05, 0) is 29.8 Å². The standard InChI is InChI=1S/C16H17NO4/c1-2-11-4-6-14(21-11)15(18)10-3-5-13-12(9-10)16(19)17-7-8-20-13/h3-6,9,15,18H,2,7-8H2,1H3,(H,17,19). The first-order valence-corrected chi connectivity index (χ1v) is 7.00. The first-order chi connectivity index (χ1) is 10.2. The average molecular weight is 287 g/mol. The van der Waals surface area contributed by atoms with Crippen molar-refractivity contribution < 1.29 is 19.1 Å². The van der Waals surface area contributed by atoms with Crippen LogP contribution >= 0.6 is 0 Å². The van der Waals surface area contributed by atoms with Crippen LogP contribution in [0.4, 0.5) is 0 Å². The van der Waals surface area contributed by atoms with Crippen molar-refractivity contribution in [1.29, 1.82) is 0 Å². The first-order valence-electron chi connectivity index (χ1n) is 7.00. The van der Waals surface area contributed by atoms with Crippen molar-refractivity contribution in [3.05, 3.63) is 53.0 Å². The second kappa shape index (κ2) is 5.61. The van der Waals surface area contributed by atoms with Crippen molar-refractivity contribution in [1.82, 2.24) is 5.32 Å². The number of benzene rings is 1. The monoisotopic (exact) mass is 287 g/mol. The molecule has 3 rings (SSSR count). The zero-order valence-corrected chi connectivity index (χ0v) is 11.8. The van der Waals surface area contributed by atoms with Crippen molar-refractivity contribution in [3.63, 3.8) is 0 Å². The van der Waals surface area contributed by atoms with Gasteiger partial charge in [0.05, 0.1) is 12.1 Å². The van der Waals surface area contributed by atoms with Gasteiger partial charge in [0.2, 0.25) is 0 Å². The van der Waals surface area contributed by atoms with Gasteiger partial charge < -0.3 is 19.6 Å². The van der Waals surface area contributed by atoms with Crippen LogP contribution in [0.1, 0.15) is 40.5 Å². The summed E-state index contributed by atoms with van der Waals surface area (Å²) in [5, 5.41) is 13.1. The number of aliphatic hydroxyl groups excluding tert-OH is 1. The molecule has 5 nitrogen and oxygen atoms in total. The van der Waals surface area contributed by atoms with Gasteiger partial charge in [0.15, 0.2) is 0 Å². The molecule has 1 unspecified atom stereocenters. The molecule has 0 saturated heterocycles. The number of amides is 1. The minimum Gasteiger partial charge on any atom is -0.491 e. The number of aryl methyl sites for hydroxylation is 1. The largest absolute Gasteiger partial charge is 0.491 e. The summed E-state index contributed by atoms with van der Waals surface area (Å²) in [5.41, 5.74) is 1.04. The second-order valence-electron chi connectivity index (χ2n) is 4.92. The van der Waals surface area contributed by atoms with E-state index in [1.54, 1.807) is 24.3 Å². The molecule has 1 aliphatic heterocycles. The summed E-state index contributed by atoms with van der Waals surface area (Å²) in [6.45, 7) is 2.90. The predicted octanol–water partition coefficient (Wildman–Crippen LogP) is 2.05. The van der Waals surface area contributed by atoms with E-state index >= 15 is 0 Å². The van der Waals surface area contributed by atoms with E-state index in [9.17, 15) is 9.90 Å². The second-order valence-corrected chi connectivity index (χ2v) is 4.92. The number of rotatable bonds is 3. The lowest BCUT2D eigenvalue weighted by Crippen LogP contribution is -2.24.